The number of benzene rings is 1. The molecule has 7 heteroatoms. The van der Waals surface area contributed by atoms with E-state index in [9.17, 15) is 8.42 Å². The van der Waals surface area contributed by atoms with Crippen molar-refractivity contribution in [2.45, 2.75) is 12.1 Å². The molecule has 4 rings (SSSR count). The van der Waals surface area contributed by atoms with Gasteiger partial charge < -0.3 is 9.47 Å². The fraction of sp³-hybridized carbons (Fsp3) is 0.667. The van der Waals surface area contributed by atoms with Crippen LogP contribution >= 0.6 is 0 Å². The summed E-state index contributed by atoms with van der Waals surface area (Å²) in [7, 11) is -3.22. The molecule has 0 amide bonds. The molecule has 0 radical (unpaired) electrons. The van der Waals surface area contributed by atoms with E-state index in [1.54, 1.807) is 4.31 Å². The maximum atomic E-state index is 12.3. The molecule has 6 nitrogen and oxygen atoms in total. The standard InChI is InChI=1S/C18H26N2O4S/c1-25(21,22)20-10-15-9-19(16-12-23-7-8-24-13-16)11-17(15)18(20)14-5-3-2-4-6-14/h2-6,15-18H,7-13H2,1H3/t15-,17-,18+/m1/s1. The van der Waals surface area contributed by atoms with Crippen LogP contribution in [0.25, 0.3) is 0 Å². The minimum Gasteiger partial charge on any atom is -0.377 e. The molecule has 3 saturated heterocycles. The molecule has 3 aliphatic heterocycles. The molecule has 1 aromatic rings. The van der Waals surface area contributed by atoms with Crippen molar-refractivity contribution in [1.29, 1.82) is 0 Å². The number of ether oxygens (including phenoxy) is 2. The zero-order valence-electron chi connectivity index (χ0n) is 14.6. The van der Waals surface area contributed by atoms with Gasteiger partial charge in [0.1, 0.15) is 0 Å². The summed E-state index contributed by atoms with van der Waals surface area (Å²) in [6.07, 6.45) is 1.33. The molecule has 138 valence electrons. The van der Waals surface area contributed by atoms with Gasteiger partial charge in [0, 0.05) is 19.6 Å². The van der Waals surface area contributed by atoms with Crippen LogP contribution in [0, 0.1) is 11.8 Å². The Morgan fingerprint density at radius 2 is 1.68 bits per heavy atom. The van der Waals surface area contributed by atoms with Crippen LogP contribution in [0.1, 0.15) is 11.6 Å². The summed E-state index contributed by atoms with van der Waals surface area (Å²) in [6, 6.07) is 10.3. The molecular weight excluding hydrogens is 340 g/mol. The summed E-state index contributed by atoms with van der Waals surface area (Å²) >= 11 is 0. The highest BCUT2D eigenvalue weighted by Gasteiger charge is 2.51. The third-order valence-electron chi connectivity index (χ3n) is 5.73. The number of fused-ring (bicyclic) bond motifs is 1. The Kier molecular flexibility index (Phi) is 4.85. The third-order valence-corrected chi connectivity index (χ3v) is 6.95. The van der Waals surface area contributed by atoms with Crippen molar-refractivity contribution in [1.82, 2.24) is 9.21 Å². The number of nitrogens with zero attached hydrogens (tertiary/aromatic N) is 2. The molecule has 3 atom stereocenters. The van der Waals surface area contributed by atoms with Crippen molar-refractivity contribution in [2.24, 2.45) is 11.8 Å². The normalized spacial score (nSPS) is 32.6. The summed E-state index contributed by atoms with van der Waals surface area (Å²) < 4.78 is 37.7. The molecule has 3 heterocycles. The molecule has 0 aliphatic carbocycles. The summed E-state index contributed by atoms with van der Waals surface area (Å²) in [6.45, 7) is 5.13. The average Bonchev–Trinajstić information content (AvgIpc) is 3.02. The first-order chi connectivity index (χ1) is 12.0. The minimum atomic E-state index is -3.22. The van der Waals surface area contributed by atoms with Crippen LogP contribution in [-0.2, 0) is 19.5 Å². The lowest BCUT2D eigenvalue weighted by atomic mass is 9.90. The zero-order valence-corrected chi connectivity index (χ0v) is 15.4. The number of hydrogen-bond donors (Lipinski definition) is 0. The van der Waals surface area contributed by atoms with E-state index >= 15 is 0 Å². The number of sulfonamides is 1. The quantitative estimate of drug-likeness (QED) is 0.798. The number of rotatable bonds is 3. The Labute approximate surface area is 149 Å². The topological polar surface area (TPSA) is 59.1 Å². The molecule has 3 aliphatic rings. The second-order valence-corrected chi connectivity index (χ2v) is 9.30. The SMILES string of the molecule is CS(=O)(=O)N1C[C@H]2CN(C3COCCOC3)C[C@H]2[C@@H]1c1ccccc1. The molecule has 0 saturated carbocycles. The van der Waals surface area contributed by atoms with Crippen molar-refractivity contribution >= 4 is 10.0 Å². The van der Waals surface area contributed by atoms with Crippen molar-refractivity contribution < 1.29 is 17.9 Å². The predicted molar refractivity (Wildman–Crippen MR) is 94.7 cm³/mol. The summed E-state index contributed by atoms with van der Waals surface area (Å²) in [4.78, 5) is 2.44. The highest BCUT2D eigenvalue weighted by Crippen LogP contribution is 2.46. The van der Waals surface area contributed by atoms with Gasteiger partial charge in [0.2, 0.25) is 10.0 Å². The number of likely N-dealkylation sites (tertiary alicyclic amines) is 1. The minimum absolute atomic E-state index is 0.0705. The van der Waals surface area contributed by atoms with Gasteiger partial charge in [-0.2, -0.15) is 4.31 Å². The fourth-order valence-electron chi connectivity index (χ4n) is 4.56. The van der Waals surface area contributed by atoms with E-state index in [0.29, 0.717) is 44.8 Å². The van der Waals surface area contributed by atoms with Crippen molar-refractivity contribution in [2.75, 3.05) is 52.3 Å². The smallest absolute Gasteiger partial charge is 0.211 e. The van der Waals surface area contributed by atoms with Gasteiger partial charge >= 0.3 is 0 Å². The van der Waals surface area contributed by atoms with Crippen LogP contribution in [0.5, 0.6) is 0 Å². The molecular formula is C18H26N2O4S. The van der Waals surface area contributed by atoms with Crippen molar-refractivity contribution in [3.05, 3.63) is 35.9 Å². The third kappa shape index (κ3) is 3.48. The van der Waals surface area contributed by atoms with Gasteiger partial charge in [-0.1, -0.05) is 30.3 Å². The first kappa shape index (κ1) is 17.4. The first-order valence-electron chi connectivity index (χ1n) is 8.95. The lowest BCUT2D eigenvalue weighted by Crippen LogP contribution is -2.42. The van der Waals surface area contributed by atoms with Gasteiger partial charge in [-0.05, 0) is 17.4 Å². The average molecular weight is 366 g/mol. The maximum Gasteiger partial charge on any atom is 0.211 e. The van der Waals surface area contributed by atoms with Gasteiger partial charge in [-0.15, -0.1) is 0 Å². The number of hydrogen-bond acceptors (Lipinski definition) is 5. The van der Waals surface area contributed by atoms with Crippen LogP contribution in [0.15, 0.2) is 30.3 Å². The van der Waals surface area contributed by atoms with E-state index in [-0.39, 0.29) is 12.1 Å². The summed E-state index contributed by atoms with van der Waals surface area (Å²) in [5.41, 5.74) is 1.09. The second-order valence-electron chi connectivity index (χ2n) is 7.37. The van der Waals surface area contributed by atoms with Crippen LogP contribution in [0.4, 0.5) is 0 Å². The maximum absolute atomic E-state index is 12.3. The molecule has 0 aromatic heterocycles. The lowest BCUT2D eigenvalue weighted by Gasteiger charge is -2.31. The lowest BCUT2D eigenvalue weighted by molar-refractivity contribution is 0.0780. The molecule has 3 fully saturated rings. The van der Waals surface area contributed by atoms with Crippen LogP contribution in [0.3, 0.4) is 0 Å². The fourth-order valence-corrected chi connectivity index (χ4v) is 5.71. The predicted octanol–water partition coefficient (Wildman–Crippen LogP) is 0.966. The Hall–Kier alpha value is -0.990. The van der Waals surface area contributed by atoms with Gasteiger partial charge in [-0.3, -0.25) is 4.90 Å². The van der Waals surface area contributed by atoms with E-state index in [2.05, 4.69) is 4.90 Å². The van der Waals surface area contributed by atoms with E-state index in [1.807, 2.05) is 30.3 Å². The zero-order chi connectivity index (χ0) is 17.4. The van der Waals surface area contributed by atoms with E-state index in [1.165, 1.54) is 6.26 Å². The van der Waals surface area contributed by atoms with Gasteiger partial charge in [0.15, 0.2) is 0 Å². The molecule has 1 aromatic carbocycles. The van der Waals surface area contributed by atoms with Crippen LogP contribution in [0.2, 0.25) is 0 Å². The molecule has 0 unspecified atom stereocenters. The second kappa shape index (κ2) is 6.96. The van der Waals surface area contributed by atoms with E-state index in [0.717, 1.165) is 18.7 Å². The summed E-state index contributed by atoms with van der Waals surface area (Å²) in [5.74, 6) is 0.684. The van der Waals surface area contributed by atoms with Crippen LogP contribution < -0.4 is 0 Å². The van der Waals surface area contributed by atoms with Gasteiger partial charge in [0.05, 0.1) is 44.8 Å². The Morgan fingerprint density at radius 3 is 2.32 bits per heavy atom. The molecule has 0 N–H and O–H groups in total. The van der Waals surface area contributed by atoms with Crippen molar-refractivity contribution in [3.8, 4) is 0 Å². The summed E-state index contributed by atoms with van der Waals surface area (Å²) in [5, 5.41) is 0. The van der Waals surface area contributed by atoms with Crippen LogP contribution in [-0.4, -0.2) is 76.0 Å². The highest BCUT2D eigenvalue weighted by atomic mass is 32.2. The Morgan fingerprint density at radius 1 is 1.00 bits per heavy atom. The molecule has 25 heavy (non-hydrogen) atoms. The van der Waals surface area contributed by atoms with Crippen molar-refractivity contribution in [3.63, 3.8) is 0 Å². The Balaban J connectivity index is 1.57. The Bertz CT molecular complexity index is 688. The van der Waals surface area contributed by atoms with E-state index < -0.39 is 10.0 Å². The monoisotopic (exact) mass is 366 g/mol. The first-order valence-corrected chi connectivity index (χ1v) is 10.8. The van der Waals surface area contributed by atoms with E-state index in [4.69, 9.17) is 9.47 Å². The largest absolute Gasteiger partial charge is 0.377 e. The van der Waals surface area contributed by atoms with Gasteiger partial charge in [-0.25, -0.2) is 8.42 Å². The molecule has 0 spiro atoms. The molecule has 0 bridgehead atoms. The van der Waals surface area contributed by atoms with Gasteiger partial charge in [0.25, 0.3) is 0 Å². The highest BCUT2D eigenvalue weighted by molar-refractivity contribution is 7.88.